The van der Waals surface area contributed by atoms with Gasteiger partial charge in [0.15, 0.2) is 0 Å². The van der Waals surface area contributed by atoms with Crippen molar-refractivity contribution in [2.45, 2.75) is 25.9 Å². The van der Waals surface area contributed by atoms with Gasteiger partial charge in [0.25, 0.3) is 0 Å². The fraction of sp³-hybridized carbons (Fsp3) is 0.400. The first-order valence-electron chi connectivity index (χ1n) is 9.00. The summed E-state index contributed by atoms with van der Waals surface area (Å²) in [5, 5.41) is 2.98. The summed E-state index contributed by atoms with van der Waals surface area (Å²) in [6, 6.07) is 14.0. The highest BCUT2D eigenvalue weighted by Gasteiger charge is 2.28. The molecule has 6 heteroatoms. The number of para-hydroxylation sites is 1. The second kappa shape index (κ2) is 7.64. The number of fused-ring (bicyclic) bond motifs is 1. The van der Waals surface area contributed by atoms with Gasteiger partial charge < -0.3 is 14.7 Å². The fourth-order valence-electron chi connectivity index (χ4n) is 3.35. The molecule has 1 aliphatic rings. The summed E-state index contributed by atoms with van der Waals surface area (Å²) in [6.45, 7) is 3.53. The predicted octanol–water partition coefficient (Wildman–Crippen LogP) is 3.41. The number of nitrogens with one attached hydrogen (secondary N) is 1. The van der Waals surface area contributed by atoms with Crippen molar-refractivity contribution in [1.82, 2.24) is 9.88 Å². The van der Waals surface area contributed by atoms with Gasteiger partial charge in [-0.25, -0.2) is 9.78 Å². The number of likely N-dealkylation sites (N-methyl/N-ethyl adjacent to an activating group) is 1. The van der Waals surface area contributed by atoms with E-state index in [1.54, 1.807) is 0 Å². The molecule has 0 aliphatic carbocycles. The monoisotopic (exact) mass is 353 g/mol. The number of rotatable bonds is 3. The minimum atomic E-state index is -0.106. The number of aromatic nitrogens is 1. The van der Waals surface area contributed by atoms with E-state index in [2.05, 4.69) is 41.3 Å². The summed E-state index contributed by atoms with van der Waals surface area (Å²) in [5.41, 5.74) is 2.35. The molecule has 0 saturated carbocycles. The number of anilines is 3. The Morgan fingerprint density at radius 1 is 1.23 bits per heavy atom. The van der Waals surface area contributed by atoms with Crippen molar-refractivity contribution in [3.8, 4) is 0 Å². The van der Waals surface area contributed by atoms with E-state index in [1.807, 2.05) is 54.2 Å². The van der Waals surface area contributed by atoms with Crippen LogP contribution in [0.1, 0.15) is 18.9 Å². The quantitative estimate of drug-likeness (QED) is 0.919. The molecular formula is C20H27N5O. The smallest absolute Gasteiger partial charge is 0.323 e. The number of urea groups is 1. The molecule has 6 nitrogen and oxygen atoms in total. The van der Waals surface area contributed by atoms with Crippen molar-refractivity contribution in [3.63, 3.8) is 0 Å². The van der Waals surface area contributed by atoms with Crippen LogP contribution in [0, 0.1) is 0 Å². The van der Waals surface area contributed by atoms with Gasteiger partial charge in [-0.15, -0.1) is 0 Å². The maximum Gasteiger partial charge on any atom is 0.323 e. The van der Waals surface area contributed by atoms with Crippen molar-refractivity contribution in [2.75, 3.05) is 42.8 Å². The zero-order valence-electron chi connectivity index (χ0n) is 15.9. The van der Waals surface area contributed by atoms with Gasteiger partial charge in [0.2, 0.25) is 0 Å². The second-order valence-corrected chi connectivity index (χ2v) is 6.90. The first kappa shape index (κ1) is 18.0. The molecule has 1 unspecified atom stereocenters. The van der Waals surface area contributed by atoms with Gasteiger partial charge >= 0.3 is 6.03 Å². The van der Waals surface area contributed by atoms with E-state index in [-0.39, 0.29) is 12.1 Å². The first-order valence-corrected chi connectivity index (χ1v) is 9.00. The Labute approximate surface area is 155 Å². The third-order valence-electron chi connectivity index (χ3n) is 4.83. The minimum absolute atomic E-state index is 0.106. The van der Waals surface area contributed by atoms with Crippen LogP contribution in [0.15, 0.2) is 42.5 Å². The van der Waals surface area contributed by atoms with Crippen molar-refractivity contribution in [1.29, 1.82) is 0 Å². The molecule has 1 aromatic carbocycles. The van der Waals surface area contributed by atoms with E-state index in [9.17, 15) is 4.79 Å². The molecule has 1 aromatic heterocycles. The number of hydrogen-bond acceptors (Lipinski definition) is 4. The van der Waals surface area contributed by atoms with Crippen LogP contribution in [-0.2, 0) is 6.54 Å². The lowest BCUT2D eigenvalue weighted by molar-refractivity contribution is 0.185. The molecule has 0 saturated heterocycles. The van der Waals surface area contributed by atoms with E-state index in [0.717, 1.165) is 24.3 Å². The molecule has 1 aliphatic heterocycles. The highest BCUT2D eigenvalue weighted by atomic mass is 16.2. The van der Waals surface area contributed by atoms with E-state index in [4.69, 9.17) is 0 Å². The number of benzene rings is 1. The maximum atomic E-state index is 13.0. The second-order valence-electron chi connectivity index (χ2n) is 6.90. The molecule has 0 bridgehead atoms. The lowest BCUT2D eigenvalue weighted by atomic mass is 10.1. The number of carbonyl (C=O) groups is 1. The lowest BCUT2D eigenvalue weighted by Gasteiger charge is -2.30. The highest BCUT2D eigenvalue weighted by Crippen LogP contribution is 2.27. The van der Waals surface area contributed by atoms with Crippen LogP contribution >= 0.6 is 0 Å². The van der Waals surface area contributed by atoms with Gasteiger partial charge in [0.1, 0.15) is 11.6 Å². The highest BCUT2D eigenvalue weighted by molar-refractivity contribution is 5.89. The Hall–Kier alpha value is -2.76. The van der Waals surface area contributed by atoms with E-state index in [1.165, 1.54) is 5.69 Å². The van der Waals surface area contributed by atoms with Crippen LogP contribution in [0.3, 0.4) is 0 Å². The summed E-state index contributed by atoms with van der Waals surface area (Å²) >= 11 is 0. The average Bonchev–Trinajstić information content (AvgIpc) is 2.78. The number of pyridine rings is 1. The summed E-state index contributed by atoms with van der Waals surface area (Å²) in [4.78, 5) is 23.6. The van der Waals surface area contributed by atoms with Gasteiger partial charge in [0.05, 0.1) is 6.04 Å². The molecule has 2 aromatic rings. The molecule has 26 heavy (non-hydrogen) atoms. The summed E-state index contributed by atoms with van der Waals surface area (Å²) < 4.78 is 0. The first-order chi connectivity index (χ1) is 12.5. The Kier molecular flexibility index (Phi) is 5.30. The third-order valence-corrected chi connectivity index (χ3v) is 4.83. The van der Waals surface area contributed by atoms with Crippen LogP contribution < -0.4 is 15.1 Å². The Morgan fingerprint density at radius 2 is 2.00 bits per heavy atom. The summed E-state index contributed by atoms with van der Waals surface area (Å²) in [5.74, 6) is 1.39. The standard InChI is InChI=1S/C20H27N5O/c1-5-16-14-24(4)17-10-7-6-9-15(17)13-25(16)20(26)22-18-11-8-12-19(21-18)23(2)3/h6-12,16H,5,13-14H2,1-4H3,(H,21,22,26). The van der Waals surface area contributed by atoms with Crippen molar-refractivity contribution in [3.05, 3.63) is 48.0 Å². The normalized spacial score (nSPS) is 16.7. The molecule has 1 N–H and O–H groups in total. The third kappa shape index (κ3) is 3.74. The van der Waals surface area contributed by atoms with Gasteiger partial charge in [-0.3, -0.25) is 5.32 Å². The van der Waals surface area contributed by atoms with E-state index >= 15 is 0 Å². The SMILES string of the molecule is CCC1CN(C)c2ccccc2CN1C(=O)Nc1cccc(N(C)C)n1. The lowest BCUT2D eigenvalue weighted by Crippen LogP contribution is -2.45. The Balaban J connectivity index is 1.84. The maximum absolute atomic E-state index is 13.0. The van der Waals surface area contributed by atoms with Crippen LogP contribution in [0.25, 0.3) is 0 Å². The molecule has 138 valence electrons. The Bertz CT molecular complexity index is 776. The number of carbonyl (C=O) groups excluding carboxylic acids is 1. The van der Waals surface area contributed by atoms with Crippen molar-refractivity contribution < 1.29 is 4.79 Å². The summed E-state index contributed by atoms with van der Waals surface area (Å²) in [7, 11) is 5.95. The van der Waals surface area contributed by atoms with Gasteiger partial charge in [-0.2, -0.15) is 0 Å². The predicted molar refractivity (Wildman–Crippen MR) is 107 cm³/mol. The average molecular weight is 353 g/mol. The van der Waals surface area contributed by atoms with Gasteiger partial charge in [-0.1, -0.05) is 31.2 Å². The topological polar surface area (TPSA) is 51.7 Å². The van der Waals surface area contributed by atoms with Gasteiger partial charge in [-0.05, 0) is 30.2 Å². The molecule has 3 rings (SSSR count). The molecule has 1 atom stereocenters. The van der Waals surface area contributed by atoms with Crippen LogP contribution in [0.2, 0.25) is 0 Å². The number of amides is 2. The minimum Gasteiger partial charge on any atom is -0.372 e. The van der Waals surface area contributed by atoms with E-state index in [0.29, 0.717) is 12.4 Å². The Morgan fingerprint density at radius 3 is 2.73 bits per heavy atom. The van der Waals surface area contributed by atoms with E-state index < -0.39 is 0 Å². The molecule has 2 heterocycles. The molecule has 2 amide bonds. The summed E-state index contributed by atoms with van der Waals surface area (Å²) in [6.07, 6.45) is 0.900. The number of hydrogen-bond donors (Lipinski definition) is 1. The van der Waals surface area contributed by atoms with Crippen LogP contribution in [0.5, 0.6) is 0 Å². The zero-order valence-corrected chi connectivity index (χ0v) is 15.9. The molecule has 0 spiro atoms. The van der Waals surface area contributed by atoms with Crippen LogP contribution in [-0.4, -0.2) is 49.6 Å². The molecule has 0 radical (unpaired) electrons. The fourth-order valence-corrected chi connectivity index (χ4v) is 3.35. The zero-order chi connectivity index (χ0) is 18.7. The van der Waals surface area contributed by atoms with Crippen molar-refractivity contribution >= 4 is 23.4 Å². The van der Waals surface area contributed by atoms with Crippen LogP contribution in [0.4, 0.5) is 22.1 Å². The molecule has 0 fully saturated rings. The van der Waals surface area contributed by atoms with Gasteiger partial charge in [0, 0.05) is 39.9 Å². The molecular weight excluding hydrogens is 326 g/mol. The van der Waals surface area contributed by atoms with Crippen molar-refractivity contribution in [2.24, 2.45) is 0 Å². The number of nitrogens with zero attached hydrogens (tertiary/aromatic N) is 4. The largest absolute Gasteiger partial charge is 0.372 e.